The van der Waals surface area contributed by atoms with E-state index in [1.807, 2.05) is 0 Å². The van der Waals surface area contributed by atoms with Crippen LogP contribution in [0, 0.1) is 18.7 Å². The number of ether oxygens (including phenoxy) is 1. The Kier molecular flexibility index (Phi) is 7.39. The van der Waals surface area contributed by atoms with E-state index in [0.29, 0.717) is 34.0 Å². The maximum Gasteiger partial charge on any atom is 0.411 e. The van der Waals surface area contributed by atoms with Crippen molar-refractivity contribution in [3.8, 4) is 22.6 Å². The summed E-state index contributed by atoms with van der Waals surface area (Å²) in [6.45, 7) is 1.18. The third kappa shape index (κ3) is 6.78. The number of hydrogen-bond acceptors (Lipinski definition) is 6. The second-order valence-electron chi connectivity index (χ2n) is 7.92. The Labute approximate surface area is 215 Å². The van der Waals surface area contributed by atoms with E-state index in [2.05, 4.69) is 25.6 Å². The first-order chi connectivity index (χ1) is 16.6. The Balaban J connectivity index is 1.57. The average molecular weight is 539 g/mol. The Morgan fingerprint density at radius 3 is 2.57 bits per heavy atom. The molecule has 1 fully saturated rings. The fraction of sp³-hybridized carbons (Fsp3) is 0.261. The molecule has 1 aliphatic rings. The number of hydrogen-bond donors (Lipinski definition) is 2. The van der Waals surface area contributed by atoms with Crippen molar-refractivity contribution in [1.82, 2.24) is 15.0 Å². The number of pyridine rings is 1. The lowest BCUT2D eigenvalue weighted by atomic mass is 10.1. The van der Waals surface area contributed by atoms with Crippen LogP contribution in [0.1, 0.15) is 18.4 Å². The highest BCUT2D eigenvalue weighted by molar-refractivity contribution is 6.67. The fourth-order valence-electron chi connectivity index (χ4n) is 3.18. The van der Waals surface area contributed by atoms with Gasteiger partial charge in [-0.15, -0.1) is 0 Å². The van der Waals surface area contributed by atoms with Crippen LogP contribution in [0.15, 0.2) is 42.7 Å². The Morgan fingerprint density at radius 2 is 1.86 bits per heavy atom. The summed E-state index contributed by atoms with van der Waals surface area (Å²) in [5, 5.41) is 5.10. The lowest BCUT2D eigenvalue weighted by Gasteiger charge is -2.14. The number of carbonyl (C=O) groups is 2. The average Bonchev–Trinajstić information content (AvgIpc) is 3.65. The number of halogens is 4. The molecule has 0 atom stereocenters. The van der Waals surface area contributed by atoms with E-state index >= 15 is 0 Å². The first-order valence-corrected chi connectivity index (χ1v) is 11.6. The molecular weight excluding hydrogens is 520 g/mol. The highest BCUT2D eigenvalue weighted by Crippen LogP contribution is 2.31. The van der Waals surface area contributed by atoms with Crippen LogP contribution in [-0.2, 0) is 9.53 Å². The van der Waals surface area contributed by atoms with Crippen LogP contribution in [0.3, 0.4) is 0 Å². The number of nitrogens with zero attached hydrogens (tertiary/aromatic N) is 3. The molecule has 1 saturated carbocycles. The predicted octanol–water partition coefficient (Wildman–Crippen LogP) is 5.92. The Bertz CT molecular complexity index is 1280. The molecule has 0 radical (unpaired) electrons. The number of aromatic nitrogens is 3. The SMILES string of the molecule is Cc1cc(F)c(NC(=O)OCC(Cl)(Cl)Cl)cc1-c1nccc(-c2ccnc(NC(=O)C3CC3)c2)n1. The van der Waals surface area contributed by atoms with Gasteiger partial charge in [0.25, 0.3) is 0 Å². The summed E-state index contributed by atoms with van der Waals surface area (Å²) < 4.78 is 17.5. The zero-order chi connectivity index (χ0) is 25.2. The molecule has 8 nitrogen and oxygen atoms in total. The van der Waals surface area contributed by atoms with Crippen LogP contribution >= 0.6 is 34.8 Å². The molecule has 1 aromatic carbocycles. The molecule has 0 bridgehead atoms. The molecule has 0 unspecified atom stereocenters. The normalized spacial score (nSPS) is 13.3. The van der Waals surface area contributed by atoms with E-state index in [1.54, 1.807) is 37.5 Å². The van der Waals surface area contributed by atoms with Crippen molar-refractivity contribution in [1.29, 1.82) is 0 Å². The molecule has 3 aromatic rings. The minimum absolute atomic E-state index is 0.0487. The van der Waals surface area contributed by atoms with Crippen LogP contribution < -0.4 is 10.6 Å². The van der Waals surface area contributed by atoms with Crippen LogP contribution in [0.4, 0.5) is 20.7 Å². The summed E-state index contributed by atoms with van der Waals surface area (Å²) in [6.07, 6.45) is 3.93. The van der Waals surface area contributed by atoms with Gasteiger partial charge >= 0.3 is 6.09 Å². The fourth-order valence-corrected chi connectivity index (χ4v) is 3.35. The van der Waals surface area contributed by atoms with Crippen molar-refractivity contribution in [2.45, 2.75) is 23.6 Å². The molecule has 0 aliphatic heterocycles. The first-order valence-electron chi connectivity index (χ1n) is 10.5. The van der Waals surface area contributed by atoms with Crippen LogP contribution in [0.2, 0.25) is 0 Å². The lowest BCUT2D eigenvalue weighted by molar-refractivity contribution is -0.117. The minimum atomic E-state index is -1.80. The van der Waals surface area contributed by atoms with Crippen LogP contribution in [-0.4, -0.2) is 37.4 Å². The van der Waals surface area contributed by atoms with Crippen molar-refractivity contribution in [2.75, 3.05) is 17.2 Å². The lowest BCUT2D eigenvalue weighted by Crippen LogP contribution is -2.21. The summed E-state index contributed by atoms with van der Waals surface area (Å²) in [6, 6.07) is 7.82. The quantitative estimate of drug-likeness (QED) is 0.377. The molecule has 2 amide bonds. The summed E-state index contributed by atoms with van der Waals surface area (Å²) in [4.78, 5) is 37.1. The second kappa shape index (κ2) is 10.3. The van der Waals surface area contributed by atoms with Gasteiger partial charge in [-0.2, -0.15) is 0 Å². The molecule has 12 heteroatoms. The minimum Gasteiger partial charge on any atom is -0.445 e. The number of alkyl halides is 3. The highest BCUT2D eigenvalue weighted by atomic mass is 35.6. The zero-order valence-electron chi connectivity index (χ0n) is 18.3. The van der Waals surface area contributed by atoms with Crippen molar-refractivity contribution in [2.24, 2.45) is 5.92 Å². The van der Waals surface area contributed by atoms with Crippen LogP contribution in [0.5, 0.6) is 0 Å². The number of anilines is 2. The molecule has 4 rings (SSSR count). The standard InChI is InChI=1S/C23H19Cl3FN5O3/c1-12-8-16(27)18(31-22(34)35-11-23(24,25)26)10-15(12)20-29-7-5-17(30-20)14-4-6-28-19(9-14)32-21(33)13-2-3-13/h4-10,13H,2-3,11H2,1H3,(H,31,34)(H,28,32,33). The molecular formula is C23H19Cl3FN5O3. The summed E-state index contributed by atoms with van der Waals surface area (Å²) in [5.74, 6) is 0.0521. The third-order valence-electron chi connectivity index (χ3n) is 5.07. The van der Waals surface area contributed by atoms with Gasteiger partial charge in [-0.1, -0.05) is 34.8 Å². The van der Waals surface area contributed by atoms with Crippen molar-refractivity contribution < 1.29 is 18.7 Å². The molecule has 1 aliphatic carbocycles. The van der Waals surface area contributed by atoms with Crippen molar-refractivity contribution >= 4 is 58.3 Å². The second-order valence-corrected chi connectivity index (χ2v) is 10.4. The predicted molar refractivity (Wildman–Crippen MR) is 132 cm³/mol. The smallest absolute Gasteiger partial charge is 0.411 e. The van der Waals surface area contributed by atoms with Gasteiger partial charge < -0.3 is 10.1 Å². The molecule has 182 valence electrons. The molecule has 0 spiro atoms. The van der Waals surface area contributed by atoms with Gasteiger partial charge in [0.1, 0.15) is 18.2 Å². The Morgan fingerprint density at radius 1 is 1.11 bits per heavy atom. The van der Waals surface area contributed by atoms with Gasteiger partial charge in [-0.05, 0) is 55.7 Å². The van der Waals surface area contributed by atoms with E-state index < -0.39 is 22.3 Å². The topological polar surface area (TPSA) is 106 Å². The summed E-state index contributed by atoms with van der Waals surface area (Å²) >= 11 is 16.7. The van der Waals surface area contributed by atoms with E-state index in [4.69, 9.17) is 39.5 Å². The van der Waals surface area contributed by atoms with Gasteiger partial charge in [0.2, 0.25) is 9.70 Å². The van der Waals surface area contributed by atoms with Gasteiger partial charge in [0.05, 0.1) is 11.4 Å². The molecule has 35 heavy (non-hydrogen) atoms. The first kappa shape index (κ1) is 25.1. The van der Waals surface area contributed by atoms with Gasteiger partial charge in [0.15, 0.2) is 5.82 Å². The van der Waals surface area contributed by atoms with E-state index in [9.17, 15) is 14.0 Å². The molecule has 2 N–H and O–H groups in total. The number of nitrogens with one attached hydrogen (secondary N) is 2. The molecule has 2 aromatic heterocycles. The van der Waals surface area contributed by atoms with Crippen molar-refractivity contribution in [3.05, 3.63) is 54.1 Å². The van der Waals surface area contributed by atoms with E-state index in [1.165, 1.54) is 12.1 Å². The van der Waals surface area contributed by atoms with Gasteiger partial charge in [0, 0.05) is 29.4 Å². The zero-order valence-corrected chi connectivity index (χ0v) is 20.6. The number of aryl methyl sites for hydroxylation is 1. The molecule has 2 heterocycles. The van der Waals surface area contributed by atoms with Gasteiger partial charge in [-0.3, -0.25) is 10.1 Å². The maximum atomic E-state index is 14.5. The number of rotatable bonds is 6. The highest BCUT2D eigenvalue weighted by Gasteiger charge is 2.29. The largest absolute Gasteiger partial charge is 0.445 e. The monoisotopic (exact) mass is 537 g/mol. The van der Waals surface area contributed by atoms with Gasteiger partial charge in [-0.25, -0.2) is 24.1 Å². The van der Waals surface area contributed by atoms with E-state index in [-0.39, 0.29) is 17.5 Å². The maximum absolute atomic E-state index is 14.5. The number of amides is 2. The van der Waals surface area contributed by atoms with E-state index in [0.717, 1.165) is 12.8 Å². The van der Waals surface area contributed by atoms with Crippen molar-refractivity contribution in [3.63, 3.8) is 0 Å². The van der Waals surface area contributed by atoms with Crippen LogP contribution in [0.25, 0.3) is 22.6 Å². The summed E-state index contributed by atoms with van der Waals surface area (Å²) in [7, 11) is 0. The number of carbonyl (C=O) groups excluding carboxylic acids is 2. The third-order valence-corrected chi connectivity index (χ3v) is 5.40. The molecule has 0 saturated heterocycles. The summed E-state index contributed by atoms with van der Waals surface area (Å²) in [5.41, 5.74) is 2.17. The number of benzene rings is 1. The Hall–Kier alpha value is -3.01.